The molecule has 0 radical (unpaired) electrons. The summed E-state index contributed by atoms with van der Waals surface area (Å²) < 4.78 is 4.88. The maximum absolute atomic E-state index is 13.2. The Morgan fingerprint density at radius 1 is 0.949 bits per heavy atom. The molecule has 0 atom stereocenters. The highest BCUT2D eigenvalue weighted by atomic mass is 16.5. The first-order valence-electron chi connectivity index (χ1n) is 13.1. The number of rotatable bonds is 7. The van der Waals surface area contributed by atoms with Gasteiger partial charge in [0.25, 0.3) is 5.91 Å². The van der Waals surface area contributed by atoms with Crippen molar-refractivity contribution in [2.45, 2.75) is 19.3 Å². The number of likely N-dealkylation sites (N-methyl/N-ethyl adjacent to an activating group) is 1. The maximum atomic E-state index is 13.2. The number of amides is 2. The molecule has 200 valence electrons. The predicted octanol–water partition coefficient (Wildman–Crippen LogP) is 4.85. The third kappa shape index (κ3) is 5.71. The van der Waals surface area contributed by atoms with Crippen LogP contribution in [0.1, 0.15) is 40.7 Å². The molecule has 3 aromatic carbocycles. The van der Waals surface area contributed by atoms with Crippen LogP contribution < -0.4 is 15.5 Å². The zero-order chi connectivity index (χ0) is 27.4. The molecule has 0 aromatic heterocycles. The van der Waals surface area contributed by atoms with E-state index >= 15 is 0 Å². The van der Waals surface area contributed by atoms with Gasteiger partial charge < -0.3 is 20.3 Å². The van der Waals surface area contributed by atoms with E-state index in [-0.39, 0.29) is 11.8 Å². The van der Waals surface area contributed by atoms with Crippen LogP contribution in [0.3, 0.4) is 0 Å². The normalized spacial score (nSPS) is 16.2. The zero-order valence-electron chi connectivity index (χ0n) is 22.2. The molecule has 8 nitrogen and oxygen atoms in total. The van der Waals surface area contributed by atoms with Crippen LogP contribution in [0, 0.1) is 0 Å². The van der Waals surface area contributed by atoms with Crippen LogP contribution in [0.25, 0.3) is 11.3 Å². The molecule has 2 amide bonds. The zero-order valence-corrected chi connectivity index (χ0v) is 22.2. The van der Waals surface area contributed by atoms with Crippen molar-refractivity contribution in [1.29, 1.82) is 0 Å². The number of anilines is 3. The average Bonchev–Trinajstić information content (AvgIpc) is 3.31. The number of piperidine rings is 1. The molecule has 2 aliphatic heterocycles. The van der Waals surface area contributed by atoms with Crippen LogP contribution in [-0.4, -0.2) is 56.5 Å². The lowest BCUT2D eigenvalue weighted by molar-refractivity contribution is -0.119. The van der Waals surface area contributed by atoms with E-state index in [9.17, 15) is 14.4 Å². The minimum absolute atomic E-state index is 0.0605. The van der Waals surface area contributed by atoms with Gasteiger partial charge in [-0.1, -0.05) is 36.8 Å². The number of nitrogens with zero attached hydrogens (tertiary/aromatic N) is 2. The van der Waals surface area contributed by atoms with Crippen molar-refractivity contribution in [2.24, 2.45) is 0 Å². The van der Waals surface area contributed by atoms with E-state index in [1.54, 1.807) is 30.1 Å². The van der Waals surface area contributed by atoms with Crippen LogP contribution in [0.5, 0.6) is 0 Å². The molecule has 8 heteroatoms. The number of fused-ring (bicyclic) bond motifs is 1. The summed E-state index contributed by atoms with van der Waals surface area (Å²) in [5.41, 5.74) is 5.01. The fourth-order valence-electron chi connectivity index (χ4n) is 5.02. The molecular weight excluding hydrogens is 492 g/mol. The lowest BCUT2D eigenvalue weighted by Gasteiger charge is -2.28. The summed E-state index contributed by atoms with van der Waals surface area (Å²) in [5, 5.41) is 6.32. The van der Waals surface area contributed by atoms with Crippen molar-refractivity contribution in [1.82, 2.24) is 4.90 Å². The second kappa shape index (κ2) is 11.5. The second-order valence-electron chi connectivity index (χ2n) is 9.78. The van der Waals surface area contributed by atoms with Gasteiger partial charge in [0.2, 0.25) is 5.91 Å². The monoisotopic (exact) mass is 524 g/mol. The van der Waals surface area contributed by atoms with Crippen molar-refractivity contribution in [2.75, 3.05) is 49.3 Å². The van der Waals surface area contributed by atoms with E-state index in [1.807, 2.05) is 54.6 Å². The topological polar surface area (TPSA) is 91.0 Å². The molecule has 2 N–H and O–H groups in total. The van der Waals surface area contributed by atoms with Gasteiger partial charge in [-0.3, -0.25) is 14.5 Å². The van der Waals surface area contributed by atoms with Crippen LogP contribution >= 0.6 is 0 Å². The lowest BCUT2D eigenvalue weighted by Crippen LogP contribution is -2.40. The summed E-state index contributed by atoms with van der Waals surface area (Å²) >= 11 is 0. The van der Waals surface area contributed by atoms with Gasteiger partial charge in [0.15, 0.2) is 0 Å². The van der Waals surface area contributed by atoms with Crippen molar-refractivity contribution in [3.05, 3.63) is 89.5 Å². The molecule has 5 rings (SSSR count). The molecule has 0 unspecified atom stereocenters. The van der Waals surface area contributed by atoms with Crippen molar-refractivity contribution >= 4 is 46.1 Å². The van der Waals surface area contributed by atoms with Crippen molar-refractivity contribution < 1.29 is 19.1 Å². The van der Waals surface area contributed by atoms with Gasteiger partial charge in [-0.05, 0) is 74.0 Å². The average molecular weight is 525 g/mol. The summed E-state index contributed by atoms with van der Waals surface area (Å²) in [6, 6.07) is 22.1. The van der Waals surface area contributed by atoms with Crippen molar-refractivity contribution in [3.63, 3.8) is 0 Å². The number of likely N-dealkylation sites (tertiary alicyclic amines) is 1. The third-order valence-corrected chi connectivity index (χ3v) is 7.20. The van der Waals surface area contributed by atoms with E-state index in [2.05, 4.69) is 15.5 Å². The van der Waals surface area contributed by atoms with E-state index in [0.717, 1.165) is 42.9 Å². The number of hydrogen-bond acceptors (Lipinski definition) is 6. The first-order valence-corrected chi connectivity index (χ1v) is 13.1. The molecular formula is C31H32N4O4. The fraction of sp³-hybridized carbons (Fsp3) is 0.258. The summed E-state index contributed by atoms with van der Waals surface area (Å²) in [6.45, 7) is 2.36. The first-order chi connectivity index (χ1) is 18.9. The van der Waals surface area contributed by atoms with Crippen LogP contribution in [0.4, 0.5) is 17.1 Å². The Hall–Kier alpha value is -4.43. The third-order valence-electron chi connectivity index (χ3n) is 7.20. The minimum Gasteiger partial charge on any atom is -0.465 e. The molecule has 1 fully saturated rings. The van der Waals surface area contributed by atoms with E-state index in [0.29, 0.717) is 34.6 Å². The Morgan fingerprint density at radius 3 is 2.36 bits per heavy atom. The summed E-state index contributed by atoms with van der Waals surface area (Å²) in [6.07, 6.45) is 3.52. The molecule has 39 heavy (non-hydrogen) atoms. The largest absolute Gasteiger partial charge is 0.465 e. The fourth-order valence-corrected chi connectivity index (χ4v) is 5.02. The van der Waals surface area contributed by atoms with Gasteiger partial charge in [-0.25, -0.2) is 4.79 Å². The smallest absolute Gasteiger partial charge is 0.337 e. The van der Waals surface area contributed by atoms with Gasteiger partial charge in [-0.15, -0.1) is 0 Å². The summed E-state index contributed by atoms with van der Waals surface area (Å²) in [7, 11) is 3.12. The van der Waals surface area contributed by atoms with Crippen molar-refractivity contribution in [3.8, 4) is 0 Å². The van der Waals surface area contributed by atoms with Crippen LogP contribution in [0.15, 0.2) is 72.8 Å². The van der Waals surface area contributed by atoms with E-state index in [1.165, 1.54) is 13.5 Å². The Balaban J connectivity index is 1.44. The second-order valence-corrected chi connectivity index (χ2v) is 9.78. The predicted molar refractivity (Wildman–Crippen MR) is 153 cm³/mol. The molecule has 3 aromatic rings. The van der Waals surface area contributed by atoms with Gasteiger partial charge in [0, 0.05) is 29.7 Å². The molecule has 2 heterocycles. The van der Waals surface area contributed by atoms with Gasteiger partial charge >= 0.3 is 5.97 Å². The standard InChI is InChI=1S/C31H32N4O4/c1-34(27(36)20-35-17-7-4-8-18-35)24-14-12-23(13-15-24)32-29(21-9-5-3-6-10-21)28-25-19-22(31(38)39-2)11-16-26(25)33-30(28)37/h3,5-6,9-16,19,32H,4,7-8,17-18,20H2,1-2H3,(H,33,37). The Bertz CT molecular complexity index is 1410. The molecule has 0 bridgehead atoms. The Morgan fingerprint density at radius 2 is 1.67 bits per heavy atom. The summed E-state index contributed by atoms with van der Waals surface area (Å²) in [4.78, 5) is 42.2. The number of methoxy groups -OCH3 is 1. The molecule has 0 aliphatic carbocycles. The number of nitrogens with one attached hydrogen (secondary N) is 2. The highest BCUT2D eigenvalue weighted by molar-refractivity contribution is 6.37. The Kier molecular flexibility index (Phi) is 7.74. The molecule has 1 saturated heterocycles. The van der Waals surface area contributed by atoms with Crippen LogP contribution in [-0.2, 0) is 14.3 Å². The quantitative estimate of drug-likeness (QED) is 0.339. The number of carbonyl (C=O) groups is 3. The highest BCUT2D eigenvalue weighted by Gasteiger charge is 2.29. The highest BCUT2D eigenvalue weighted by Crippen LogP contribution is 2.38. The van der Waals surface area contributed by atoms with E-state index in [4.69, 9.17) is 4.74 Å². The van der Waals surface area contributed by atoms with Crippen LogP contribution in [0.2, 0.25) is 0 Å². The maximum Gasteiger partial charge on any atom is 0.337 e. The number of benzene rings is 3. The van der Waals surface area contributed by atoms with Gasteiger partial charge in [0.1, 0.15) is 0 Å². The molecule has 0 spiro atoms. The Labute approximate surface area is 228 Å². The van der Waals surface area contributed by atoms with E-state index < -0.39 is 5.97 Å². The number of carbonyl (C=O) groups excluding carboxylic acids is 3. The lowest BCUT2D eigenvalue weighted by atomic mass is 9.98. The summed E-state index contributed by atoms with van der Waals surface area (Å²) in [5.74, 6) is -0.677. The first kappa shape index (κ1) is 26.2. The van der Waals surface area contributed by atoms with Gasteiger partial charge in [0.05, 0.1) is 30.5 Å². The van der Waals surface area contributed by atoms with Gasteiger partial charge in [-0.2, -0.15) is 0 Å². The molecule has 0 saturated carbocycles. The minimum atomic E-state index is -0.472. The number of ether oxygens (including phenoxy) is 1. The SMILES string of the molecule is COC(=O)c1ccc2c(c1)C(=C(Nc1ccc(N(C)C(=O)CN3CCCCC3)cc1)c1ccccc1)C(=O)N2. The number of hydrogen-bond donors (Lipinski definition) is 2. The molecule has 2 aliphatic rings. The number of esters is 1.